The Morgan fingerprint density at radius 3 is 2.10 bits per heavy atom. The number of phenolic OH excluding ortho intramolecular Hbond substituents is 1. The van der Waals surface area contributed by atoms with E-state index in [0.717, 1.165) is 5.56 Å². The molecule has 1 aromatic rings. The first-order chi connectivity index (χ1) is 19.2. The van der Waals surface area contributed by atoms with E-state index in [-0.39, 0.29) is 43.4 Å². The molecule has 0 bridgehead atoms. The Balaban J connectivity index is 2.65. The molecule has 1 aromatic carbocycles. The Labute approximate surface area is 238 Å². The van der Waals surface area contributed by atoms with Crippen LogP contribution in [0.1, 0.15) is 45.6 Å². The third-order valence-electron chi connectivity index (χ3n) is 5.82. The molecule has 0 heterocycles. The molecule has 15 heteroatoms. The van der Waals surface area contributed by atoms with Gasteiger partial charge >= 0.3 is 5.97 Å². The highest BCUT2D eigenvalue weighted by Crippen LogP contribution is 2.11. The first-order valence-corrected chi connectivity index (χ1v) is 13.2. The van der Waals surface area contributed by atoms with Crippen LogP contribution in [0.3, 0.4) is 0 Å². The monoisotopic (exact) mass is 578 g/mol. The number of guanidine groups is 1. The van der Waals surface area contributed by atoms with Gasteiger partial charge < -0.3 is 48.7 Å². The number of nitrogens with one attached hydrogen (secondary N) is 4. The second-order valence-electron chi connectivity index (χ2n) is 10.0. The molecule has 0 aliphatic heterocycles. The average molecular weight is 579 g/mol. The van der Waals surface area contributed by atoms with E-state index in [1.165, 1.54) is 19.1 Å². The number of aliphatic carboxylic acids is 1. The summed E-state index contributed by atoms with van der Waals surface area (Å²) in [5, 5.41) is 28.6. The summed E-state index contributed by atoms with van der Waals surface area (Å²) in [6.07, 6.45) is 0.791. The Morgan fingerprint density at radius 1 is 0.902 bits per heavy atom. The highest BCUT2D eigenvalue weighted by Gasteiger charge is 2.28. The van der Waals surface area contributed by atoms with Crippen LogP contribution in [-0.4, -0.2) is 83.0 Å². The summed E-state index contributed by atoms with van der Waals surface area (Å²) in [5.41, 5.74) is 17.1. The van der Waals surface area contributed by atoms with Gasteiger partial charge in [-0.15, -0.1) is 0 Å². The number of benzene rings is 1. The van der Waals surface area contributed by atoms with Gasteiger partial charge in [0.2, 0.25) is 23.6 Å². The topological polar surface area (TPSA) is 264 Å². The number of aromatic hydroxyl groups is 1. The average Bonchev–Trinajstić information content (AvgIpc) is 2.89. The molecule has 0 unspecified atom stereocenters. The number of carboxylic acid groups (broad SMARTS) is 1. The maximum absolute atomic E-state index is 12.9. The van der Waals surface area contributed by atoms with Gasteiger partial charge in [0.05, 0.1) is 12.6 Å². The van der Waals surface area contributed by atoms with Crippen molar-refractivity contribution >= 4 is 35.6 Å². The van der Waals surface area contributed by atoms with Crippen molar-refractivity contribution in [3.8, 4) is 5.75 Å². The van der Waals surface area contributed by atoms with Crippen LogP contribution in [0, 0.1) is 5.92 Å². The van der Waals surface area contributed by atoms with Crippen LogP contribution in [0.25, 0.3) is 0 Å². The highest BCUT2D eigenvalue weighted by atomic mass is 16.4. The summed E-state index contributed by atoms with van der Waals surface area (Å²) in [6, 6.07) is 1.92. The van der Waals surface area contributed by atoms with Crippen molar-refractivity contribution in [1.29, 1.82) is 0 Å². The van der Waals surface area contributed by atoms with E-state index in [9.17, 15) is 34.2 Å². The molecule has 41 heavy (non-hydrogen) atoms. The molecular weight excluding hydrogens is 536 g/mol. The predicted molar refractivity (Wildman–Crippen MR) is 151 cm³/mol. The second kappa shape index (κ2) is 17.3. The summed E-state index contributed by atoms with van der Waals surface area (Å²) < 4.78 is 0. The number of rotatable bonds is 17. The number of nitrogens with zero attached hydrogens (tertiary/aromatic N) is 1. The molecule has 0 aliphatic rings. The molecule has 0 aromatic heterocycles. The lowest BCUT2D eigenvalue weighted by Gasteiger charge is -2.23. The predicted octanol–water partition coefficient (Wildman–Crippen LogP) is -1.96. The number of phenols is 1. The first kappa shape index (κ1) is 34.6. The largest absolute Gasteiger partial charge is 0.508 e. The molecule has 4 amide bonds. The number of carbonyl (C=O) groups is 5. The van der Waals surface area contributed by atoms with Crippen molar-refractivity contribution in [2.24, 2.45) is 28.1 Å². The molecule has 0 saturated heterocycles. The van der Waals surface area contributed by atoms with Gasteiger partial charge in [0.25, 0.3) is 0 Å². The first-order valence-electron chi connectivity index (χ1n) is 13.2. The van der Waals surface area contributed by atoms with Crippen molar-refractivity contribution in [3.63, 3.8) is 0 Å². The van der Waals surface area contributed by atoms with Crippen LogP contribution in [0.5, 0.6) is 5.75 Å². The molecule has 0 aliphatic carbocycles. The van der Waals surface area contributed by atoms with E-state index in [1.807, 2.05) is 13.8 Å². The minimum Gasteiger partial charge on any atom is -0.508 e. The van der Waals surface area contributed by atoms with Crippen LogP contribution in [-0.2, 0) is 30.4 Å². The highest BCUT2D eigenvalue weighted by molar-refractivity contribution is 5.94. The van der Waals surface area contributed by atoms with Crippen molar-refractivity contribution < 1.29 is 34.2 Å². The van der Waals surface area contributed by atoms with Gasteiger partial charge in [0.15, 0.2) is 5.96 Å². The van der Waals surface area contributed by atoms with E-state index in [1.54, 1.807) is 12.1 Å². The van der Waals surface area contributed by atoms with Crippen LogP contribution in [0.15, 0.2) is 29.3 Å². The summed E-state index contributed by atoms with van der Waals surface area (Å²) in [7, 11) is 0. The van der Waals surface area contributed by atoms with Crippen molar-refractivity contribution in [2.75, 3.05) is 13.1 Å². The maximum Gasteiger partial charge on any atom is 0.326 e. The zero-order valence-electron chi connectivity index (χ0n) is 23.6. The zero-order chi connectivity index (χ0) is 31.1. The normalized spacial score (nSPS) is 13.7. The van der Waals surface area contributed by atoms with E-state index in [0.29, 0.717) is 6.42 Å². The smallest absolute Gasteiger partial charge is 0.326 e. The van der Waals surface area contributed by atoms with Crippen LogP contribution in [0.4, 0.5) is 0 Å². The SMILES string of the molecule is CC(C)C[C@H](NC(=O)CNC(=O)[C@@H](N)Cc1ccc(O)cc1)C(=O)N[C@@H](C)C(=O)N[C@@H](CCCN=C(N)N)C(=O)O. The van der Waals surface area contributed by atoms with E-state index in [4.69, 9.17) is 17.2 Å². The Bertz CT molecular complexity index is 1070. The van der Waals surface area contributed by atoms with Crippen LogP contribution in [0.2, 0.25) is 0 Å². The molecule has 0 fully saturated rings. The van der Waals surface area contributed by atoms with Crippen molar-refractivity contribution in [2.45, 2.75) is 70.6 Å². The second-order valence-corrected chi connectivity index (χ2v) is 10.0. The van der Waals surface area contributed by atoms with E-state index >= 15 is 0 Å². The molecule has 12 N–H and O–H groups in total. The lowest BCUT2D eigenvalue weighted by atomic mass is 10.0. The van der Waals surface area contributed by atoms with Crippen LogP contribution >= 0.6 is 0 Å². The molecule has 228 valence electrons. The molecular formula is C26H42N8O7. The zero-order valence-corrected chi connectivity index (χ0v) is 23.6. The number of nitrogens with two attached hydrogens (primary N) is 3. The number of hydrogen-bond acceptors (Lipinski definition) is 8. The summed E-state index contributed by atoms with van der Waals surface area (Å²) in [6.45, 7) is 4.82. The standard InChI is InChI=1S/C26H42N8O7/c1-14(2)11-20(33-21(36)13-31-23(38)18(27)12-16-6-8-17(35)9-7-16)24(39)32-15(3)22(37)34-19(25(40)41)5-4-10-30-26(28)29/h6-9,14-15,18-20,35H,4-5,10-13,27H2,1-3H3,(H,31,38)(H,32,39)(H,33,36)(H,34,37)(H,40,41)(H4,28,29,30)/t15-,18-,19-,20-/m0/s1. The Morgan fingerprint density at radius 2 is 1.54 bits per heavy atom. The quantitative estimate of drug-likeness (QED) is 0.0559. The van der Waals surface area contributed by atoms with Gasteiger partial charge in [-0.3, -0.25) is 24.2 Å². The van der Waals surface area contributed by atoms with Gasteiger partial charge in [-0.2, -0.15) is 0 Å². The number of carbonyl (C=O) groups excluding carboxylic acids is 4. The minimum atomic E-state index is -1.25. The molecule has 1 rings (SSSR count). The Kier molecular flexibility index (Phi) is 14.6. The lowest BCUT2D eigenvalue weighted by Crippen LogP contribution is -2.56. The minimum absolute atomic E-state index is 0.00916. The van der Waals surface area contributed by atoms with Gasteiger partial charge in [0.1, 0.15) is 23.9 Å². The fraction of sp³-hybridized carbons (Fsp3) is 0.538. The summed E-state index contributed by atoms with van der Waals surface area (Å²) in [4.78, 5) is 65.6. The lowest BCUT2D eigenvalue weighted by molar-refractivity contribution is -0.142. The molecule has 0 spiro atoms. The molecule has 4 atom stereocenters. The number of carboxylic acids is 1. The van der Waals surface area contributed by atoms with Gasteiger partial charge in [-0.05, 0) is 56.2 Å². The van der Waals surface area contributed by atoms with Crippen LogP contribution < -0.4 is 38.5 Å². The number of amides is 4. The van der Waals surface area contributed by atoms with E-state index < -0.39 is 60.3 Å². The third kappa shape index (κ3) is 14.0. The molecule has 15 nitrogen and oxygen atoms in total. The molecule has 0 saturated carbocycles. The van der Waals surface area contributed by atoms with Gasteiger partial charge in [-0.1, -0.05) is 26.0 Å². The van der Waals surface area contributed by atoms with E-state index in [2.05, 4.69) is 26.3 Å². The number of aliphatic imine (C=N–C) groups is 1. The summed E-state index contributed by atoms with van der Waals surface area (Å²) >= 11 is 0. The van der Waals surface area contributed by atoms with Gasteiger partial charge in [-0.25, -0.2) is 4.79 Å². The van der Waals surface area contributed by atoms with Gasteiger partial charge in [0, 0.05) is 6.54 Å². The summed E-state index contributed by atoms with van der Waals surface area (Å²) in [5.74, 6) is -3.89. The number of hydrogen-bond donors (Lipinski definition) is 9. The van der Waals surface area contributed by atoms with Crippen molar-refractivity contribution in [1.82, 2.24) is 21.3 Å². The van der Waals surface area contributed by atoms with Crippen molar-refractivity contribution in [3.05, 3.63) is 29.8 Å². The third-order valence-corrected chi connectivity index (χ3v) is 5.82. The molecule has 0 radical (unpaired) electrons. The Hall–Kier alpha value is -4.40. The maximum atomic E-state index is 12.9. The fourth-order valence-corrected chi connectivity index (χ4v) is 3.66. The fourth-order valence-electron chi connectivity index (χ4n) is 3.66.